The first-order valence-corrected chi connectivity index (χ1v) is 11.5. The summed E-state index contributed by atoms with van der Waals surface area (Å²) in [6.45, 7) is 10.6. The van der Waals surface area contributed by atoms with Gasteiger partial charge in [0.1, 0.15) is 11.6 Å². The third-order valence-electron chi connectivity index (χ3n) is 7.01. The standard InChI is InChI=1S/C25H31FN6/c1-18(2)32-19(3)29-23-22(32)16-30(15-20-7-4-5-8-21(20)26)17-25(23)9-13-31(14-10-25)24-27-11-6-12-28-24/h4-8,11-12,18H,9-10,13-17H2,1-3H3. The van der Waals surface area contributed by atoms with Gasteiger partial charge in [0.15, 0.2) is 0 Å². The summed E-state index contributed by atoms with van der Waals surface area (Å²) in [4.78, 5) is 18.7. The third kappa shape index (κ3) is 3.68. The fourth-order valence-corrected chi connectivity index (χ4v) is 5.58. The Hall–Kier alpha value is -2.80. The molecule has 2 aromatic heterocycles. The van der Waals surface area contributed by atoms with Crippen molar-refractivity contribution in [2.45, 2.75) is 58.2 Å². The molecule has 0 aliphatic carbocycles. The first-order valence-electron chi connectivity index (χ1n) is 11.5. The van der Waals surface area contributed by atoms with E-state index in [4.69, 9.17) is 4.98 Å². The monoisotopic (exact) mass is 434 g/mol. The quantitative estimate of drug-likeness (QED) is 0.614. The van der Waals surface area contributed by atoms with Crippen LogP contribution < -0.4 is 4.90 Å². The molecule has 7 heteroatoms. The first-order chi connectivity index (χ1) is 15.5. The number of anilines is 1. The highest BCUT2D eigenvalue weighted by atomic mass is 19.1. The average molecular weight is 435 g/mol. The van der Waals surface area contributed by atoms with Crippen molar-refractivity contribution in [1.29, 1.82) is 0 Å². The van der Waals surface area contributed by atoms with Gasteiger partial charge in [-0.1, -0.05) is 18.2 Å². The van der Waals surface area contributed by atoms with Crippen molar-refractivity contribution in [3.8, 4) is 0 Å². The summed E-state index contributed by atoms with van der Waals surface area (Å²) in [7, 11) is 0. The van der Waals surface area contributed by atoms with E-state index < -0.39 is 0 Å². The van der Waals surface area contributed by atoms with Gasteiger partial charge in [0, 0.05) is 62.1 Å². The molecule has 1 fully saturated rings. The van der Waals surface area contributed by atoms with Gasteiger partial charge in [-0.15, -0.1) is 0 Å². The predicted octanol–water partition coefficient (Wildman–Crippen LogP) is 4.26. The SMILES string of the molecule is Cc1nc2c(n1C(C)C)CN(Cc1ccccc1F)CC21CCN(c2ncccn2)CC1. The molecule has 4 heterocycles. The van der Waals surface area contributed by atoms with Crippen LogP contribution in [0.2, 0.25) is 0 Å². The Morgan fingerprint density at radius 1 is 1.06 bits per heavy atom. The van der Waals surface area contributed by atoms with Crippen LogP contribution in [0.4, 0.5) is 10.3 Å². The van der Waals surface area contributed by atoms with Crippen LogP contribution in [-0.4, -0.2) is 44.1 Å². The average Bonchev–Trinajstić information content (AvgIpc) is 3.13. The Morgan fingerprint density at radius 2 is 1.78 bits per heavy atom. The highest BCUT2D eigenvalue weighted by Gasteiger charge is 2.45. The third-order valence-corrected chi connectivity index (χ3v) is 7.01. The van der Waals surface area contributed by atoms with Crippen LogP contribution in [0.1, 0.15) is 55.5 Å². The van der Waals surface area contributed by atoms with Crippen LogP contribution in [0.25, 0.3) is 0 Å². The largest absolute Gasteiger partial charge is 0.341 e. The van der Waals surface area contributed by atoms with E-state index in [1.54, 1.807) is 24.5 Å². The summed E-state index contributed by atoms with van der Waals surface area (Å²) >= 11 is 0. The maximum Gasteiger partial charge on any atom is 0.225 e. The van der Waals surface area contributed by atoms with Gasteiger partial charge in [-0.05, 0) is 45.7 Å². The molecule has 1 spiro atoms. The molecule has 0 unspecified atom stereocenters. The van der Waals surface area contributed by atoms with E-state index in [9.17, 15) is 4.39 Å². The highest BCUT2D eigenvalue weighted by Crippen LogP contribution is 2.43. The number of piperidine rings is 1. The number of aromatic nitrogens is 4. The van der Waals surface area contributed by atoms with Crippen molar-refractivity contribution >= 4 is 5.95 Å². The van der Waals surface area contributed by atoms with Crippen molar-refractivity contribution in [3.63, 3.8) is 0 Å². The molecule has 0 radical (unpaired) electrons. The highest BCUT2D eigenvalue weighted by molar-refractivity contribution is 5.36. The van der Waals surface area contributed by atoms with Crippen molar-refractivity contribution in [2.75, 3.05) is 24.5 Å². The van der Waals surface area contributed by atoms with Gasteiger partial charge in [-0.25, -0.2) is 19.3 Å². The van der Waals surface area contributed by atoms with Gasteiger partial charge in [-0.3, -0.25) is 4.90 Å². The van der Waals surface area contributed by atoms with Crippen molar-refractivity contribution in [2.24, 2.45) is 0 Å². The van der Waals surface area contributed by atoms with E-state index in [2.05, 4.69) is 45.1 Å². The summed E-state index contributed by atoms with van der Waals surface area (Å²) in [5.41, 5.74) is 3.27. The minimum absolute atomic E-state index is 0.0327. The fourth-order valence-electron chi connectivity index (χ4n) is 5.58. The molecule has 0 bridgehead atoms. The molecule has 3 aromatic rings. The molecule has 2 aliphatic heterocycles. The van der Waals surface area contributed by atoms with Crippen LogP contribution in [0.3, 0.4) is 0 Å². The van der Waals surface area contributed by atoms with E-state index in [1.165, 1.54) is 11.4 Å². The molecule has 6 nitrogen and oxygen atoms in total. The number of aryl methyl sites for hydroxylation is 1. The Bertz CT molecular complexity index is 1090. The van der Waals surface area contributed by atoms with Crippen LogP contribution in [-0.2, 0) is 18.5 Å². The number of hydrogen-bond donors (Lipinski definition) is 0. The number of nitrogens with zero attached hydrogens (tertiary/aromatic N) is 6. The Kier molecular flexibility index (Phi) is 5.45. The maximum atomic E-state index is 14.5. The minimum Gasteiger partial charge on any atom is -0.341 e. The molecular formula is C25H31FN6. The number of benzene rings is 1. The first kappa shape index (κ1) is 21.1. The molecule has 1 saturated heterocycles. The van der Waals surface area contributed by atoms with Gasteiger partial charge in [-0.2, -0.15) is 0 Å². The molecule has 168 valence electrons. The molecule has 32 heavy (non-hydrogen) atoms. The number of imidazole rings is 1. The van der Waals surface area contributed by atoms with Gasteiger partial charge in [0.2, 0.25) is 5.95 Å². The Morgan fingerprint density at radius 3 is 2.47 bits per heavy atom. The normalized spacial score (nSPS) is 18.3. The van der Waals surface area contributed by atoms with Gasteiger partial charge in [0.05, 0.1) is 11.4 Å². The molecule has 5 rings (SSSR count). The molecule has 1 aromatic carbocycles. The van der Waals surface area contributed by atoms with Crippen LogP contribution >= 0.6 is 0 Å². The molecule has 2 aliphatic rings. The summed E-state index contributed by atoms with van der Waals surface area (Å²) in [5.74, 6) is 1.74. The lowest BCUT2D eigenvalue weighted by Crippen LogP contribution is -2.52. The topological polar surface area (TPSA) is 50.1 Å². The zero-order valence-corrected chi connectivity index (χ0v) is 19.1. The molecular weight excluding hydrogens is 403 g/mol. The summed E-state index contributed by atoms with van der Waals surface area (Å²) in [6.07, 6.45) is 5.58. The Balaban J connectivity index is 1.48. The second kappa shape index (κ2) is 8.28. The molecule has 0 saturated carbocycles. The molecule has 0 amide bonds. The lowest BCUT2D eigenvalue weighted by molar-refractivity contribution is 0.136. The van der Waals surface area contributed by atoms with Crippen LogP contribution in [0, 0.1) is 12.7 Å². The number of fused-ring (bicyclic) bond motifs is 2. The zero-order valence-electron chi connectivity index (χ0n) is 19.1. The van der Waals surface area contributed by atoms with Gasteiger partial charge >= 0.3 is 0 Å². The predicted molar refractivity (Wildman–Crippen MR) is 123 cm³/mol. The van der Waals surface area contributed by atoms with E-state index in [1.807, 2.05) is 18.2 Å². The Labute approximate surface area is 189 Å². The maximum absolute atomic E-state index is 14.5. The van der Waals surface area contributed by atoms with E-state index in [0.717, 1.165) is 56.4 Å². The van der Waals surface area contributed by atoms with Crippen LogP contribution in [0.5, 0.6) is 0 Å². The second-order valence-corrected chi connectivity index (χ2v) is 9.47. The molecule has 0 atom stereocenters. The number of halogens is 1. The lowest BCUT2D eigenvalue weighted by atomic mass is 9.72. The van der Waals surface area contributed by atoms with Crippen LogP contribution in [0.15, 0.2) is 42.7 Å². The van der Waals surface area contributed by atoms with E-state index in [0.29, 0.717) is 12.6 Å². The summed E-state index contributed by atoms with van der Waals surface area (Å²) in [6, 6.07) is 9.33. The van der Waals surface area contributed by atoms with Crippen molar-refractivity contribution in [1.82, 2.24) is 24.4 Å². The molecule has 0 N–H and O–H groups in total. The van der Waals surface area contributed by atoms with E-state index >= 15 is 0 Å². The van der Waals surface area contributed by atoms with Gasteiger partial charge < -0.3 is 9.47 Å². The fraction of sp³-hybridized carbons (Fsp3) is 0.480. The number of rotatable bonds is 4. The van der Waals surface area contributed by atoms with Crippen molar-refractivity contribution in [3.05, 3.63) is 71.3 Å². The second-order valence-electron chi connectivity index (χ2n) is 9.47. The summed E-state index contributed by atoms with van der Waals surface area (Å²) in [5, 5.41) is 0. The van der Waals surface area contributed by atoms with Gasteiger partial charge in [0.25, 0.3) is 0 Å². The smallest absolute Gasteiger partial charge is 0.225 e. The summed E-state index contributed by atoms with van der Waals surface area (Å²) < 4.78 is 16.8. The lowest BCUT2D eigenvalue weighted by Gasteiger charge is -2.47. The number of hydrogen-bond acceptors (Lipinski definition) is 5. The minimum atomic E-state index is -0.128. The van der Waals surface area contributed by atoms with E-state index in [-0.39, 0.29) is 11.2 Å². The van der Waals surface area contributed by atoms with Crippen molar-refractivity contribution < 1.29 is 4.39 Å². The zero-order chi connectivity index (χ0) is 22.3.